The molecule has 1 atom stereocenters. The molecule has 2 rings (SSSR count). The molecule has 116 valence electrons. The van der Waals surface area contributed by atoms with Crippen molar-refractivity contribution in [2.45, 2.75) is 64.5 Å². The highest BCUT2D eigenvalue weighted by atomic mass is 16.6. The van der Waals surface area contributed by atoms with Crippen molar-refractivity contribution in [1.82, 2.24) is 5.32 Å². The second-order valence-corrected chi connectivity index (χ2v) is 6.24. The smallest absolute Gasteiger partial charge is 0.269 e. The zero-order chi connectivity index (χ0) is 15.2. The predicted molar refractivity (Wildman–Crippen MR) is 85.3 cm³/mol. The van der Waals surface area contributed by atoms with Crippen LogP contribution in [0.5, 0.6) is 0 Å². The van der Waals surface area contributed by atoms with E-state index in [-0.39, 0.29) is 16.7 Å². The monoisotopic (exact) mass is 290 g/mol. The Morgan fingerprint density at radius 2 is 1.86 bits per heavy atom. The van der Waals surface area contributed by atoms with Gasteiger partial charge in [-0.25, -0.2) is 0 Å². The number of nitro benzene ring substituents is 1. The molecule has 0 bridgehead atoms. The van der Waals surface area contributed by atoms with Crippen molar-refractivity contribution < 1.29 is 4.92 Å². The molecular formula is C17H26N2O2. The summed E-state index contributed by atoms with van der Waals surface area (Å²) in [4.78, 5) is 10.3. The Hall–Kier alpha value is -1.42. The van der Waals surface area contributed by atoms with Crippen molar-refractivity contribution in [3.63, 3.8) is 0 Å². The first kappa shape index (κ1) is 16.0. The molecule has 1 aromatic rings. The minimum Gasteiger partial charge on any atom is -0.307 e. The van der Waals surface area contributed by atoms with Crippen LogP contribution in [0.4, 0.5) is 5.69 Å². The summed E-state index contributed by atoms with van der Waals surface area (Å²) < 4.78 is 0. The molecule has 0 aromatic heterocycles. The van der Waals surface area contributed by atoms with Gasteiger partial charge in [0.25, 0.3) is 5.69 Å². The van der Waals surface area contributed by atoms with Gasteiger partial charge < -0.3 is 5.32 Å². The highest BCUT2D eigenvalue weighted by Gasteiger charge is 2.22. The van der Waals surface area contributed by atoms with E-state index in [1.807, 2.05) is 12.1 Å². The number of benzene rings is 1. The zero-order valence-electron chi connectivity index (χ0n) is 13.0. The first-order valence-electron chi connectivity index (χ1n) is 8.10. The topological polar surface area (TPSA) is 55.2 Å². The number of nitrogens with one attached hydrogen (secondary N) is 1. The highest BCUT2D eigenvalue weighted by Crippen LogP contribution is 2.29. The molecule has 0 heterocycles. The summed E-state index contributed by atoms with van der Waals surface area (Å²) in [6.45, 7) is 4.40. The fourth-order valence-electron chi connectivity index (χ4n) is 3.36. The van der Waals surface area contributed by atoms with Crippen LogP contribution in [0.2, 0.25) is 0 Å². The molecular weight excluding hydrogens is 264 g/mol. The van der Waals surface area contributed by atoms with Gasteiger partial charge in [0.2, 0.25) is 0 Å². The van der Waals surface area contributed by atoms with Gasteiger partial charge in [-0.3, -0.25) is 10.1 Å². The number of rotatable bonds is 6. The SMILES string of the molecule is CCCC1CCC(NC(C)c2ccc([N+](=O)[O-])cc2)CC1. The lowest BCUT2D eigenvalue weighted by atomic mass is 9.83. The van der Waals surface area contributed by atoms with Crippen LogP contribution in [0.1, 0.15) is 64.0 Å². The average Bonchev–Trinajstić information content (AvgIpc) is 2.49. The molecule has 1 saturated carbocycles. The normalized spacial score (nSPS) is 23.7. The second-order valence-electron chi connectivity index (χ2n) is 6.24. The quantitative estimate of drug-likeness (QED) is 0.615. The molecule has 1 N–H and O–H groups in total. The summed E-state index contributed by atoms with van der Waals surface area (Å²) in [7, 11) is 0. The fraction of sp³-hybridized carbons (Fsp3) is 0.647. The van der Waals surface area contributed by atoms with E-state index in [0.29, 0.717) is 6.04 Å². The van der Waals surface area contributed by atoms with Gasteiger partial charge in [-0.2, -0.15) is 0 Å². The van der Waals surface area contributed by atoms with Gasteiger partial charge in [-0.1, -0.05) is 31.9 Å². The van der Waals surface area contributed by atoms with E-state index in [4.69, 9.17) is 0 Å². The predicted octanol–water partition coefficient (Wildman–Crippen LogP) is 4.60. The van der Waals surface area contributed by atoms with Crippen LogP contribution in [-0.2, 0) is 0 Å². The van der Waals surface area contributed by atoms with Crippen LogP contribution in [-0.4, -0.2) is 11.0 Å². The third-order valence-corrected chi connectivity index (χ3v) is 4.63. The highest BCUT2D eigenvalue weighted by molar-refractivity contribution is 5.34. The lowest BCUT2D eigenvalue weighted by Gasteiger charge is -2.31. The molecule has 0 aliphatic heterocycles. The Balaban J connectivity index is 1.84. The molecule has 21 heavy (non-hydrogen) atoms. The molecule has 1 unspecified atom stereocenters. The molecule has 0 saturated heterocycles. The molecule has 1 fully saturated rings. The van der Waals surface area contributed by atoms with E-state index in [1.165, 1.54) is 38.5 Å². The van der Waals surface area contributed by atoms with Crippen LogP contribution in [0.3, 0.4) is 0 Å². The maximum absolute atomic E-state index is 10.7. The number of non-ortho nitro benzene ring substituents is 1. The maximum Gasteiger partial charge on any atom is 0.269 e. The van der Waals surface area contributed by atoms with E-state index in [0.717, 1.165) is 11.5 Å². The number of hydrogen-bond acceptors (Lipinski definition) is 3. The van der Waals surface area contributed by atoms with E-state index >= 15 is 0 Å². The van der Waals surface area contributed by atoms with Crippen molar-refractivity contribution in [2.24, 2.45) is 5.92 Å². The lowest BCUT2D eigenvalue weighted by molar-refractivity contribution is -0.384. The van der Waals surface area contributed by atoms with E-state index in [2.05, 4.69) is 19.2 Å². The molecule has 4 nitrogen and oxygen atoms in total. The van der Waals surface area contributed by atoms with Gasteiger partial charge >= 0.3 is 0 Å². The Labute approximate surface area is 127 Å². The summed E-state index contributed by atoms with van der Waals surface area (Å²) in [6.07, 6.45) is 7.83. The average molecular weight is 290 g/mol. The molecule has 1 aromatic carbocycles. The third kappa shape index (κ3) is 4.53. The number of nitrogens with zero attached hydrogens (tertiary/aromatic N) is 1. The summed E-state index contributed by atoms with van der Waals surface area (Å²) in [5.74, 6) is 0.919. The van der Waals surface area contributed by atoms with Gasteiger partial charge in [0.15, 0.2) is 0 Å². The maximum atomic E-state index is 10.7. The minimum absolute atomic E-state index is 0.158. The van der Waals surface area contributed by atoms with Crippen molar-refractivity contribution in [3.05, 3.63) is 39.9 Å². The summed E-state index contributed by atoms with van der Waals surface area (Å²) in [6, 6.07) is 7.73. The number of nitro groups is 1. The van der Waals surface area contributed by atoms with Gasteiger partial charge in [0.1, 0.15) is 0 Å². The minimum atomic E-state index is -0.350. The van der Waals surface area contributed by atoms with Crippen molar-refractivity contribution in [1.29, 1.82) is 0 Å². The summed E-state index contributed by atoms with van der Waals surface area (Å²) in [5, 5.41) is 14.3. The van der Waals surface area contributed by atoms with E-state index in [1.54, 1.807) is 12.1 Å². The Kier molecular flexibility index (Phi) is 5.74. The Morgan fingerprint density at radius 3 is 2.38 bits per heavy atom. The third-order valence-electron chi connectivity index (χ3n) is 4.63. The van der Waals surface area contributed by atoms with Crippen molar-refractivity contribution in [3.8, 4) is 0 Å². The van der Waals surface area contributed by atoms with Gasteiger partial charge in [-0.15, -0.1) is 0 Å². The molecule has 0 spiro atoms. The molecule has 4 heteroatoms. The second kappa shape index (κ2) is 7.55. The zero-order valence-corrected chi connectivity index (χ0v) is 13.0. The van der Waals surface area contributed by atoms with Crippen LogP contribution in [0.25, 0.3) is 0 Å². The van der Waals surface area contributed by atoms with Gasteiger partial charge in [0.05, 0.1) is 4.92 Å². The van der Waals surface area contributed by atoms with Gasteiger partial charge in [0, 0.05) is 24.2 Å². The van der Waals surface area contributed by atoms with E-state index in [9.17, 15) is 10.1 Å². The standard InChI is InChI=1S/C17H26N2O2/c1-3-4-14-5-9-16(10-6-14)18-13(2)15-7-11-17(12-8-15)19(20)21/h7-8,11-14,16,18H,3-6,9-10H2,1-2H3. The fourth-order valence-corrected chi connectivity index (χ4v) is 3.36. The Morgan fingerprint density at radius 1 is 1.24 bits per heavy atom. The number of hydrogen-bond donors (Lipinski definition) is 1. The summed E-state index contributed by atoms with van der Waals surface area (Å²) in [5.41, 5.74) is 1.28. The Bertz CT molecular complexity index is 450. The first-order chi connectivity index (χ1) is 10.1. The molecule has 0 radical (unpaired) electrons. The van der Waals surface area contributed by atoms with Crippen LogP contribution in [0.15, 0.2) is 24.3 Å². The van der Waals surface area contributed by atoms with Crippen molar-refractivity contribution in [2.75, 3.05) is 0 Å². The lowest BCUT2D eigenvalue weighted by Crippen LogP contribution is -2.35. The van der Waals surface area contributed by atoms with Crippen LogP contribution >= 0.6 is 0 Å². The first-order valence-corrected chi connectivity index (χ1v) is 8.10. The largest absolute Gasteiger partial charge is 0.307 e. The van der Waals surface area contributed by atoms with Crippen LogP contribution in [0, 0.1) is 16.0 Å². The summed E-state index contributed by atoms with van der Waals surface area (Å²) >= 11 is 0. The molecule has 1 aliphatic carbocycles. The van der Waals surface area contributed by atoms with Crippen LogP contribution < -0.4 is 5.32 Å². The molecule has 0 amide bonds. The van der Waals surface area contributed by atoms with Gasteiger partial charge in [-0.05, 0) is 44.1 Å². The van der Waals surface area contributed by atoms with E-state index < -0.39 is 0 Å². The van der Waals surface area contributed by atoms with Crippen molar-refractivity contribution >= 4 is 5.69 Å². The molecule has 1 aliphatic rings.